The number of ether oxygens (including phenoxy) is 1. The fraction of sp³-hybridized carbons (Fsp3) is 0.643. The van der Waals surface area contributed by atoms with Gasteiger partial charge in [-0.15, -0.1) is 0 Å². The lowest BCUT2D eigenvalue weighted by molar-refractivity contribution is 0.286. The summed E-state index contributed by atoms with van der Waals surface area (Å²) in [6.45, 7) is 9.17. The molecule has 0 aliphatic heterocycles. The van der Waals surface area contributed by atoms with E-state index < -0.39 is 0 Å². The van der Waals surface area contributed by atoms with Crippen molar-refractivity contribution in [2.45, 2.75) is 34.1 Å². The summed E-state index contributed by atoms with van der Waals surface area (Å²) < 4.78 is 5.06. The molecule has 16 heavy (non-hydrogen) atoms. The molecule has 1 rings (SSSR count). The zero-order chi connectivity index (χ0) is 12.1. The van der Waals surface area contributed by atoms with Crippen molar-refractivity contribution in [1.29, 1.82) is 0 Å². The molecule has 0 spiro atoms. The van der Waals surface area contributed by atoms with E-state index in [-0.39, 0.29) is 0 Å². The van der Waals surface area contributed by atoms with E-state index in [0.29, 0.717) is 17.7 Å². The lowest BCUT2D eigenvalue weighted by Gasteiger charge is -2.24. The third kappa shape index (κ3) is 3.51. The quantitative estimate of drug-likeness (QED) is 0.758. The fourth-order valence-electron chi connectivity index (χ4n) is 2.17. The zero-order valence-corrected chi connectivity index (χ0v) is 11.0. The summed E-state index contributed by atoms with van der Waals surface area (Å²) in [4.78, 5) is 4.25. The van der Waals surface area contributed by atoms with Crippen molar-refractivity contribution >= 4 is 0 Å². The first kappa shape index (κ1) is 13.0. The molecule has 0 unspecified atom stereocenters. The second kappa shape index (κ2) is 5.88. The van der Waals surface area contributed by atoms with Gasteiger partial charge in [-0.2, -0.15) is 0 Å². The molecule has 90 valence electrons. The molecule has 0 fully saturated rings. The van der Waals surface area contributed by atoms with Crippen LogP contribution in [0, 0.1) is 17.8 Å². The Morgan fingerprint density at radius 2 is 1.75 bits per heavy atom. The normalized spacial score (nSPS) is 11.5. The summed E-state index contributed by atoms with van der Waals surface area (Å²) in [6, 6.07) is 4.05. The van der Waals surface area contributed by atoms with Gasteiger partial charge in [0.05, 0.1) is 7.11 Å². The van der Waals surface area contributed by atoms with Gasteiger partial charge in [-0.25, -0.2) is 4.98 Å². The molecule has 0 aromatic carbocycles. The van der Waals surface area contributed by atoms with Crippen LogP contribution >= 0.6 is 0 Å². The van der Waals surface area contributed by atoms with Crippen molar-refractivity contribution in [2.24, 2.45) is 17.8 Å². The van der Waals surface area contributed by atoms with E-state index in [1.54, 1.807) is 7.11 Å². The van der Waals surface area contributed by atoms with Crippen LogP contribution in [0.2, 0.25) is 0 Å². The molecular weight excluding hydrogens is 198 g/mol. The maximum absolute atomic E-state index is 5.06. The van der Waals surface area contributed by atoms with Crippen LogP contribution < -0.4 is 4.74 Å². The summed E-state index contributed by atoms with van der Waals surface area (Å²) >= 11 is 0. The summed E-state index contributed by atoms with van der Waals surface area (Å²) in [5.41, 5.74) is 1.30. The van der Waals surface area contributed by atoms with Gasteiger partial charge < -0.3 is 4.74 Å². The predicted molar refractivity (Wildman–Crippen MR) is 67.7 cm³/mol. The highest BCUT2D eigenvalue weighted by molar-refractivity contribution is 5.18. The van der Waals surface area contributed by atoms with Gasteiger partial charge >= 0.3 is 0 Å². The Hall–Kier alpha value is -1.05. The third-order valence-corrected chi connectivity index (χ3v) is 3.19. The van der Waals surface area contributed by atoms with Crippen molar-refractivity contribution in [1.82, 2.24) is 4.98 Å². The summed E-state index contributed by atoms with van der Waals surface area (Å²) in [6.07, 6.45) is 3.03. The Kier molecular flexibility index (Phi) is 4.78. The molecule has 0 N–H and O–H groups in total. The van der Waals surface area contributed by atoms with E-state index >= 15 is 0 Å². The van der Waals surface area contributed by atoms with Crippen LogP contribution in [-0.4, -0.2) is 12.1 Å². The number of rotatable bonds is 5. The van der Waals surface area contributed by atoms with Gasteiger partial charge in [0.1, 0.15) is 0 Å². The van der Waals surface area contributed by atoms with Gasteiger partial charge in [-0.3, -0.25) is 0 Å². The Balaban J connectivity index is 2.70. The molecular formula is C14H23NO. The molecule has 0 amide bonds. The first-order chi connectivity index (χ1) is 7.54. The van der Waals surface area contributed by atoms with Crippen LogP contribution in [0.5, 0.6) is 5.88 Å². The Morgan fingerprint density at radius 1 is 1.12 bits per heavy atom. The largest absolute Gasteiger partial charge is 0.481 e. The van der Waals surface area contributed by atoms with Crippen LogP contribution in [0.15, 0.2) is 18.3 Å². The van der Waals surface area contributed by atoms with Crippen LogP contribution in [0.3, 0.4) is 0 Å². The fourth-order valence-corrected chi connectivity index (χ4v) is 2.17. The van der Waals surface area contributed by atoms with E-state index in [0.717, 1.165) is 12.3 Å². The summed E-state index contributed by atoms with van der Waals surface area (Å²) in [5, 5.41) is 0. The maximum atomic E-state index is 5.06. The first-order valence-electron chi connectivity index (χ1n) is 6.03. The van der Waals surface area contributed by atoms with E-state index in [1.807, 2.05) is 12.3 Å². The Bertz CT molecular complexity index is 295. The van der Waals surface area contributed by atoms with E-state index in [9.17, 15) is 0 Å². The molecule has 0 atom stereocenters. The number of pyridine rings is 1. The minimum Gasteiger partial charge on any atom is -0.481 e. The molecule has 1 aromatic rings. The van der Waals surface area contributed by atoms with Gasteiger partial charge in [0.2, 0.25) is 5.88 Å². The van der Waals surface area contributed by atoms with Crippen molar-refractivity contribution < 1.29 is 4.74 Å². The molecule has 2 heteroatoms. The highest BCUT2D eigenvalue weighted by Crippen LogP contribution is 2.25. The lowest BCUT2D eigenvalue weighted by Crippen LogP contribution is -2.18. The highest BCUT2D eigenvalue weighted by atomic mass is 16.5. The molecule has 1 heterocycles. The SMILES string of the molecule is COc1ccc(CC(C(C)C)C(C)C)cn1. The van der Waals surface area contributed by atoms with Gasteiger partial charge in [-0.1, -0.05) is 33.8 Å². The molecule has 2 nitrogen and oxygen atoms in total. The van der Waals surface area contributed by atoms with E-state index in [1.165, 1.54) is 5.56 Å². The molecule has 0 saturated heterocycles. The van der Waals surface area contributed by atoms with Crippen LogP contribution in [0.1, 0.15) is 33.3 Å². The minimum atomic E-state index is 0.689. The van der Waals surface area contributed by atoms with Crippen molar-refractivity contribution in [3.63, 3.8) is 0 Å². The zero-order valence-electron chi connectivity index (χ0n) is 11.0. The van der Waals surface area contributed by atoms with Gasteiger partial charge in [-0.05, 0) is 29.7 Å². The van der Waals surface area contributed by atoms with E-state index in [2.05, 4.69) is 38.7 Å². The summed E-state index contributed by atoms with van der Waals surface area (Å²) in [7, 11) is 1.65. The van der Waals surface area contributed by atoms with Gasteiger partial charge in [0, 0.05) is 12.3 Å². The average Bonchev–Trinajstić information content (AvgIpc) is 2.25. The molecule has 0 radical (unpaired) electrons. The maximum Gasteiger partial charge on any atom is 0.212 e. The average molecular weight is 221 g/mol. The van der Waals surface area contributed by atoms with Crippen molar-refractivity contribution in [2.75, 3.05) is 7.11 Å². The van der Waals surface area contributed by atoms with E-state index in [4.69, 9.17) is 4.74 Å². The first-order valence-corrected chi connectivity index (χ1v) is 6.03. The second-order valence-electron chi connectivity index (χ2n) is 5.06. The number of hydrogen-bond acceptors (Lipinski definition) is 2. The molecule has 0 bridgehead atoms. The van der Waals surface area contributed by atoms with Crippen molar-refractivity contribution in [3.8, 4) is 5.88 Å². The number of hydrogen-bond donors (Lipinski definition) is 0. The standard InChI is InChI=1S/C14H23NO/c1-10(2)13(11(3)4)8-12-6-7-14(16-5)15-9-12/h6-7,9-11,13H,8H2,1-5H3. The number of methoxy groups -OCH3 is 1. The third-order valence-electron chi connectivity index (χ3n) is 3.19. The lowest BCUT2D eigenvalue weighted by atomic mass is 9.81. The Labute approximate surface area is 99.0 Å². The van der Waals surface area contributed by atoms with Gasteiger partial charge in [0.25, 0.3) is 0 Å². The minimum absolute atomic E-state index is 0.689. The molecule has 0 aliphatic carbocycles. The van der Waals surface area contributed by atoms with Gasteiger partial charge in [0.15, 0.2) is 0 Å². The molecule has 1 aromatic heterocycles. The topological polar surface area (TPSA) is 22.1 Å². The van der Waals surface area contributed by atoms with Crippen LogP contribution in [0.4, 0.5) is 0 Å². The Morgan fingerprint density at radius 3 is 2.12 bits per heavy atom. The summed E-state index contributed by atoms with van der Waals surface area (Å²) in [5.74, 6) is 2.83. The predicted octanol–water partition coefficient (Wildman–Crippen LogP) is 3.56. The van der Waals surface area contributed by atoms with Crippen LogP contribution in [0.25, 0.3) is 0 Å². The van der Waals surface area contributed by atoms with Crippen molar-refractivity contribution in [3.05, 3.63) is 23.9 Å². The monoisotopic (exact) mass is 221 g/mol. The number of aromatic nitrogens is 1. The highest BCUT2D eigenvalue weighted by Gasteiger charge is 2.17. The number of nitrogens with zero attached hydrogens (tertiary/aromatic N) is 1. The molecule has 0 aliphatic rings. The van der Waals surface area contributed by atoms with Crippen LogP contribution in [-0.2, 0) is 6.42 Å². The molecule has 0 saturated carbocycles. The smallest absolute Gasteiger partial charge is 0.212 e. The second-order valence-corrected chi connectivity index (χ2v) is 5.06.